The molecule has 1 aliphatic rings. The Morgan fingerprint density at radius 3 is 2.14 bits per heavy atom. The Morgan fingerprint density at radius 1 is 1.00 bits per heavy atom. The van der Waals surface area contributed by atoms with Crippen molar-refractivity contribution in [1.29, 1.82) is 0 Å². The highest BCUT2D eigenvalue weighted by molar-refractivity contribution is 7.92. The average molecular weight is 500 g/mol. The molecule has 7 heteroatoms. The fourth-order valence-corrected chi connectivity index (χ4v) is 6.25. The number of hydrogen-bond donors (Lipinski definition) is 1. The van der Waals surface area contributed by atoms with E-state index < -0.39 is 32.9 Å². The van der Waals surface area contributed by atoms with Crippen molar-refractivity contribution in [1.82, 2.24) is 0 Å². The maximum absolute atomic E-state index is 13.2. The van der Waals surface area contributed by atoms with Gasteiger partial charge in [-0.3, -0.25) is 4.31 Å². The molecule has 0 saturated carbocycles. The molecule has 2 aromatic carbocycles. The molecule has 1 atom stereocenters. The molecule has 0 spiro atoms. The van der Waals surface area contributed by atoms with Crippen molar-refractivity contribution >= 4 is 21.7 Å². The molecule has 0 saturated heterocycles. The summed E-state index contributed by atoms with van der Waals surface area (Å²) in [5.74, 6) is -0.972. The van der Waals surface area contributed by atoms with E-state index >= 15 is 0 Å². The number of carbonyl (C=O) groups is 1. The minimum Gasteiger partial charge on any atom is -0.507 e. The standard InChI is InChI=1S/C28H37NO5S/c1-7-17-28(18-8-2)25(30)23(26(31)34-28)24(27(3,4)5)20-13-12-14-21(19-20)29(6)35(32,33)22-15-10-9-11-16-22/h9-16,19,24,30H,7-8,17-18H2,1-6H3. The highest BCUT2D eigenvalue weighted by atomic mass is 32.2. The van der Waals surface area contributed by atoms with E-state index in [0.29, 0.717) is 18.5 Å². The summed E-state index contributed by atoms with van der Waals surface area (Å²) in [6.07, 6.45) is 2.64. The summed E-state index contributed by atoms with van der Waals surface area (Å²) >= 11 is 0. The molecule has 2 aromatic rings. The third-order valence-electron chi connectivity index (χ3n) is 6.63. The number of esters is 1. The van der Waals surface area contributed by atoms with Gasteiger partial charge in [0.1, 0.15) is 5.76 Å². The molecule has 0 amide bonds. The van der Waals surface area contributed by atoms with Crippen LogP contribution < -0.4 is 4.31 Å². The molecule has 6 nitrogen and oxygen atoms in total. The first kappa shape index (κ1) is 26.8. The number of aliphatic hydroxyl groups excluding tert-OH is 1. The Hall–Kier alpha value is -2.80. The molecule has 0 aromatic heterocycles. The van der Waals surface area contributed by atoms with Gasteiger partial charge in [0.2, 0.25) is 0 Å². The maximum Gasteiger partial charge on any atom is 0.339 e. The fraction of sp³-hybridized carbons (Fsp3) is 0.464. The van der Waals surface area contributed by atoms with Gasteiger partial charge in [-0.2, -0.15) is 0 Å². The van der Waals surface area contributed by atoms with Gasteiger partial charge in [-0.05, 0) is 48.1 Å². The highest BCUT2D eigenvalue weighted by Gasteiger charge is 2.51. The lowest BCUT2D eigenvalue weighted by Crippen LogP contribution is -2.32. The Labute approximate surface area is 209 Å². The van der Waals surface area contributed by atoms with Crippen molar-refractivity contribution in [3.05, 3.63) is 71.5 Å². The predicted molar refractivity (Wildman–Crippen MR) is 139 cm³/mol. The van der Waals surface area contributed by atoms with Gasteiger partial charge in [0, 0.05) is 13.0 Å². The second-order valence-corrected chi connectivity index (χ2v) is 12.3. The van der Waals surface area contributed by atoms with Crippen LogP contribution in [0.2, 0.25) is 0 Å². The molecule has 3 rings (SSSR count). The summed E-state index contributed by atoms with van der Waals surface area (Å²) in [6, 6.07) is 15.4. The van der Waals surface area contributed by atoms with Crippen LogP contribution in [0.3, 0.4) is 0 Å². The van der Waals surface area contributed by atoms with Crippen molar-refractivity contribution in [3.63, 3.8) is 0 Å². The number of anilines is 1. The van der Waals surface area contributed by atoms with Crippen LogP contribution in [0.5, 0.6) is 0 Å². The lowest BCUT2D eigenvalue weighted by molar-refractivity contribution is -0.150. The molecular formula is C28H37NO5S. The van der Waals surface area contributed by atoms with Gasteiger partial charge in [0.05, 0.1) is 16.2 Å². The van der Waals surface area contributed by atoms with E-state index in [-0.39, 0.29) is 16.2 Å². The van der Waals surface area contributed by atoms with E-state index in [1.165, 1.54) is 11.4 Å². The lowest BCUT2D eigenvalue weighted by Gasteiger charge is -2.32. The third kappa shape index (κ3) is 5.10. The smallest absolute Gasteiger partial charge is 0.339 e. The summed E-state index contributed by atoms with van der Waals surface area (Å²) in [5.41, 5.74) is 0.0366. The molecule has 0 radical (unpaired) electrons. The first-order chi connectivity index (χ1) is 16.4. The Morgan fingerprint density at radius 2 is 1.60 bits per heavy atom. The van der Waals surface area contributed by atoms with Crippen LogP contribution in [-0.4, -0.2) is 32.1 Å². The number of nitrogens with zero attached hydrogens (tertiary/aromatic N) is 1. The van der Waals surface area contributed by atoms with Crippen LogP contribution in [0.1, 0.15) is 71.8 Å². The fourth-order valence-electron chi connectivity index (χ4n) is 5.04. The summed E-state index contributed by atoms with van der Waals surface area (Å²) in [4.78, 5) is 13.4. The number of aliphatic hydroxyl groups is 1. The van der Waals surface area contributed by atoms with Crippen LogP contribution >= 0.6 is 0 Å². The summed E-state index contributed by atoms with van der Waals surface area (Å²) in [6.45, 7) is 10.0. The number of cyclic esters (lactones) is 1. The molecule has 35 heavy (non-hydrogen) atoms. The number of ether oxygens (including phenoxy) is 1. The van der Waals surface area contributed by atoms with Crippen molar-refractivity contribution in [2.45, 2.75) is 76.7 Å². The number of benzene rings is 2. The molecular weight excluding hydrogens is 462 g/mol. The van der Waals surface area contributed by atoms with Gasteiger partial charge >= 0.3 is 5.97 Å². The second kappa shape index (κ2) is 10.1. The number of rotatable bonds is 9. The van der Waals surface area contributed by atoms with Crippen LogP contribution in [0.15, 0.2) is 70.8 Å². The van der Waals surface area contributed by atoms with Crippen LogP contribution in [-0.2, 0) is 19.6 Å². The molecule has 0 aliphatic carbocycles. The third-order valence-corrected chi connectivity index (χ3v) is 8.43. The highest BCUT2D eigenvalue weighted by Crippen LogP contribution is 2.49. The van der Waals surface area contributed by atoms with Crippen molar-refractivity contribution in [2.24, 2.45) is 5.41 Å². The molecule has 1 N–H and O–H groups in total. The van der Waals surface area contributed by atoms with Crippen molar-refractivity contribution in [3.8, 4) is 0 Å². The first-order valence-corrected chi connectivity index (χ1v) is 13.6. The van der Waals surface area contributed by atoms with Crippen LogP contribution in [0.25, 0.3) is 0 Å². The van der Waals surface area contributed by atoms with Gasteiger partial charge in [-0.25, -0.2) is 13.2 Å². The number of sulfonamides is 1. The van der Waals surface area contributed by atoms with Gasteiger partial charge < -0.3 is 9.84 Å². The normalized spacial score (nSPS) is 16.8. The van der Waals surface area contributed by atoms with Gasteiger partial charge in [0.25, 0.3) is 10.0 Å². The average Bonchev–Trinajstić information content (AvgIpc) is 3.03. The topological polar surface area (TPSA) is 83.9 Å². The zero-order valence-electron chi connectivity index (χ0n) is 21.5. The van der Waals surface area contributed by atoms with Gasteiger partial charge in [0.15, 0.2) is 5.60 Å². The van der Waals surface area contributed by atoms with E-state index in [1.54, 1.807) is 48.5 Å². The largest absolute Gasteiger partial charge is 0.507 e. The molecule has 190 valence electrons. The van der Waals surface area contributed by atoms with Crippen LogP contribution in [0, 0.1) is 5.41 Å². The van der Waals surface area contributed by atoms with E-state index in [9.17, 15) is 18.3 Å². The van der Waals surface area contributed by atoms with E-state index in [0.717, 1.165) is 18.4 Å². The molecule has 1 heterocycles. The zero-order chi connectivity index (χ0) is 26.0. The molecule has 0 bridgehead atoms. The Bertz CT molecular complexity index is 1190. The Kier molecular flexibility index (Phi) is 7.70. The monoisotopic (exact) mass is 499 g/mol. The van der Waals surface area contributed by atoms with Gasteiger partial charge in [-0.1, -0.05) is 77.8 Å². The first-order valence-electron chi connectivity index (χ1n) is 12.2. The lowest BCUT2D eigenvalue weighted by atomic mass is 9.71. The summed E-state index contributed by atoms with van der Waals surface area (Å²) < 4.78 is 33.5. The molecule has 1 unspecified atom stereocenters. The van der Waals surface area contributed by atoms with Crippen LogP contribution in [0.4, 0.5) is 5.69 Å². The SMILES string of the molecule is CCCC1(CCC)OC(=O)C(C(c2cccc(N(C)S(=O)(=O)c3ccccc3)c2)C(C)(C)C)=C1O. The quantitative estimate of drug-likeness (QED) is 0.407. The predicted octanol–water partition coefficient (Wildman–Crippen LogP) is 6.35. The Balaban J connectivity index is 2.12. The van der Waals surface area contributed by atoms with E-state index in [1.807, 2.05) is 40.7 Å². The minimum atomic E-state index is -3.76. The molecule has 0 fully saturated rings. The number of hydrogen-bond acceptors (Lipinski definition) is 5. The summed E-state index contributed by atoms with van der Waals surface area (Å²) in [7, 11) is -2.25. The number of carbonyl (C=O) groups excluding carboxylic acids is 1. The van der Waals surface area contributed by atoms with E-state index in [4.69, 9.17) is 4.74 Å². The molecule has 1 aliphatic heterocycles. The van der Waals surface area contributed by atoms with Crippen molar-refractivity contribution < 1.29 is 23.1 Å². The summed E-state index contributed by atoms with van der Waals surface area (Å²) in [5, 5.41) is 11.4. The maximum atomic E-state index is 13.2. The minimum absolute atomic E-state index is 0.0155. The van der Waals surface area contributed by atoms with Crippen molar-refractivity contribution in [2.75, 3.05) is 11.4 Å². The van der Waals surface area contributed by atoms with E-state index in [2.05, 4.69) is 0 Å². The van der Waals surface area contributed by atoms with Gasteiger partial charge in [-0.15, -0.1) is 0 Å². The second-order valence-electron chi connectivity index (χ2n) is 10.3. The zero-order valence-corrected chi connectivity index (χ0v) is 22.4.